The standard InChI is InChI=1S/C12H10ClF3N4S/c1-21-11-19-9(13)5-10(20-11)18-8-4-6(12(14,15)16)2-3-7(8)17/h2-5H,17H2,1H3,(H,18,19,20). The predicted molar refractivity (Wildman–Crippen MR) is 78.0 cm³/mol. The second-order valence-corrected chi connectivity index (χ2v) is 5.15. The lowest BCUT2D eigenvalue weighted by Gasteiger charge is -2.13. The van der Waals surface area contributed by atoms with E-state index < -0.39 is 11.7 Å². The van der Waals surface area contributed by atoms with E-state index in [0.717, 1.165) is 12.1 Å². The summed E-state index contributed by atoms with van der Waals surface area (Å²) in [6.45, 7) is 0. The third-order valence-corrected chi connectivity index (χ3v) is 3.24. The van der Waals surface area contributed by atoms with Crippen molar-refractivity contribution in [2.24, 2.45) is 0 Å². The molecule has 2 rings (SSSR count). The first kappa shape index (κ1) is 15.7. The molecule has 1 aromatic carbocycles. The molecule has 0 amide bonds. The molecular weight excluding hydrogens is 325 g/mol. The Kier molecular flexibility index (Phi) is 4.48. The maximum absolute atomic E-state index is 12.7. The first-order chi connectivity index (χ1) is 9.79. The van der Waals surface area contributed by atoms with Gasteiger partial charge in [0, 0.05) is 6.07 Å². The third-order valence-electron chi connectivity index (χ3n) is 2.50. The molecular formula is C12H10ClF3N4S. The van der Waals surface area contributed by atoms with Gasteiger partial charge in [-0.05, 0) is 24.5 Å². The normalized spacial score (nSPS) is 11.5. The number of nitrogens with one attached hydrogen (secondary N) is 1. The molecule has 1 heterocycles. The van der Waals surface area contributed by atoms with Gasteiger partial charge in [-0.2, -0.15) is 13.2 Å². The second-order valence-electron chi connectivity index (χ2n) is 3.99. The van der Waals surface area contributed by atoms with Crippen molar-refractivity contribution < 1.29 is 13.2 Å². The van der Waals surface area contributed by atoms with Gasteiger partial charge in [-0.1, -0.05) is 23.4 Å². The fourth-order valence-corrected chi connectivity index (χ4v) is 2.14. The highest BCUT2D eigenvalue weighted by Crippen LogP contribution is 2.34. The van der Waals surface area contributed by atoms with E-state index >= 15 is 0 Å². The molecule has 9 heteroatoms. The Morgan fingerprint density at radius 3 is 2.57 bits per heavy atom. The van der Waals surface area contributed by atoms with Gasteiger partial charge in [-0.15, -0.1) is 0 Å². The predicted octanol–water partition coefficient (Wildman–Crippen LogP) is 4.20. The van der Waals surface area contributed by atoms with Crippen molar-refractivity contribution in [2.75, 3.05) is 17.3 Å². The number of nitrogen functional groups attached to an aromatic ring is 1. The highest BCUT2D eigenvalue weighted by atomic mass is 35.5. The number of hydrogen-bond donors (Lipinski definition) is 2. The van der Waals surface area contributed by atoms with E-state index in [1.807, 2.05) is 0 Å². The number of hydrogen-bond acceptors (Lipinski definition) is 5. The van der Waals surface area contributed by atoms with Crippen LogP contribution in [0.4, 0.5) is 30.4 Å². The first-order valence-electron chi connectivity index (χ1n) is 5.62. The average molecular weight is 335 g/mol. The lowest BCUT2D eigenvalue weighted by Crippen LogP contribution is -2.07. The molecule has 0 atom stereocenters. The zero-order chi connectivity index (χ0) is 15.6. The van der Waals surface area contributed by atoms with Crippen molar-refractivity contribution >= 4 is 40.6 Å². The van der Waals surface area contributed by atoms with Crippen molar-refractivity contribution in [3.8, 4) is 0 Å². The van der Waals surface area contributed by atoms with Crippen molar-refractivity contribution in [3.63, 3.8) is 0 Å². The third kappa shape index (κ3) is 3.92. The van der Waals surface area contributed by atoms with E-state index in [4.69, 9.17) is 17.3 Å². The van der Waals surface area contributed by atoms with Crippen LogP contribution in [0.3, 0.4) is 0 Å². The summed E-state index contributed by atoms with van der Waals surface area (Å²) in [7, 11) is 0. The Morgan fingerprint density at radius 2 is 1.95 bits per heavy atom. The van der Waals surface area contributed by atoms with Crippen molar-refractivity contribution in [1.29, 1.82) is 0 Å². The molecule has 0 spiro atoms. The number of nitrogens with zero attached hydrogens (tertiary/aromatic N) is 2. The lowest BCUT2D eigenvalue weighted by molar-refractivity contribution is -0.137. The molecule has 0 aliphatic rings. The Labute approximate surface area is 127 Å². The lowest BCUT2D eigenvalue weighted by atomic mass is 10.1. The molecule has 0 bridgehead atoms. The van der Waals surface area contributed by atoms with Crippen LogP contribution in [0.25, 0.3) is 0 Å². The van der Waals surface area contributed by atoms with Crippen molar-refractivity contribution in [2.45, 2.75) is 11.3 Å². The smallest absolute Gasteiger partial charge is 0.397 e. The van der Waals surface area contributed by atoms with Gasteiger partial charge >= 0.3 is 6.18 Å². The number of anilines is 3. The molecule has 0 aliphatic carbocycles. The van der Waals surface area contributed by atoms with E-state index in [-0.39, 0.29) is 22.3 Å². The quantitative estimate of drug-likeness (QED) is 0.381. The van der Waals surface area contributed by atoms with E-state index in [9.17, 15) is 13.2 Å². The summed E-state index contributed by atoms with van der Waals surface area (Å²) in [4.78, 5) is 8.04. The van der Waals surface area contributed by atoms with Crippen LogP contribution >= 0.6 is 23.4 Å². The second kappa shape index (κ2) is 5.98. The summed E-state index contributed by atoms with van der Waals surface area (Å²) in [6.07, 6.45) is -2.69. The van der Waals surface area contributed by atoms with Crippen LogP contribution in [0.2, 0.25) is 5.15 Å². The van der Waals surface area contributed by atoms with Gasteiger partial charge in [0.15, 0.2) is 5.16 Å². The molecule has 0 fully saturated rings. The van der Waals surface area contributed by atoms with Crippen molar-refractivity contribution in [1.82, 2.24) is 9.97 Å². The van der Waals surface area contributed by atoms with Gasteiger partial charge in [0.2, 0.25) is 0 Å². The van der Waals surface area contributed by atoms with Crippen LogP contribution < -0.4 is 11.1 Å². The fourth-order valence-electron chi connectivity index (χ4n) is 1.53. The molecule has 1 aromatic heterocycles. The number of thioether (sulfide) groups is 1. The van der Waals surface area contributed by atoms with Gasteiger partial charge < -0.3 is 11.1 Å². The van der Waals surface area contributed by atoms with Crippen LogP contribution in [0.1, 0.15) is 5.56 Å². The minimum Gasteiger partial charge on any atom is -0.397 e. The van der Waals surface area contributed by atoms with Gasteiger partial charge in [-0.3, -0.25) is 0 Å². The molecule has 0 aliphatic heterocycles. The first-order valence-corrected chi connectivity index (χ1v) is 7.22. The number of benzene rings is 1. The minimum absolute atomic E-state index is 0.103. The van der Waals surface area contributed by atoms with E-state index in [2.05, 4.69) is 15.3 Å². The zero-order valence-electron chi connectivity index (χ0n) is 10.7. The summed E-state index contributed by atoms with van der Waals surface area (Å²) in [5, 5.41) is 3.31. The molecule has 0 saturated carbocycles. The van der Waals surface area contributed by atoms with Gasteiger partial charge in [-0.25, -0.2) is 9.97 Å². The molecule has 112 valence electrons. The number of halogens is 4. The van der Waals surface area contributed by atoms with Gasteiger partial charge in [0.1, 0.15) is 11.0 Å². The average Bonchev–Trinajstić information content (AvgIpc) is 2.39. The van der Waals surface area contributed by atoms with Gasteiger partial charge in [0.25, 0.3) is 0 Å². The van der Waals surface area contributed by atoms with E-state index in [1.54, 1.807) is 6.26 Å². The summed E-state index contributed by atoms with van der Waals surface area (Å²) < 4.78 is 38.1. The Balaban J connectivity index is 2.37. The fraction of sp³-hybridized carbons (Fsp3) is 0.167. The van der Waals surface area contributed by atoms with Crippen LogP contribution in [0.15, 0.2) is 29.4 Å². The SMILES string of the molecule is CSc1nc(Cl)cc(Nc2cc(C(F)(F)F)ccc2N)n1. The topological polar surface area (TPSA) is 63.8 Å². The Bertz CT molecular complexity index is 663. The summed E-state index contributed by atoms with van der Waals surface area (Å²) in [6, 6.07) is 4.43. The maximum atomic E-state index is 12.7. The zero-order valence-corrected chi connectivity index (χ0v) is 12.3. The van der Waals surface area contributed by atoms with Crippen LogP contribution in [-0.4, -0.2) is 16.2 Å². The largest absolute Gasteiger partial charge is 0.416 e. The highest BCUT2D eigenvalue weighted by molar-refractivity contribution is 7.98. The highest BCUT2D eigenvalue weighted by Gasteiger charge is 2.30. The number of aromatic nitrogens is 2. The molecule has 0 saturated heterocycles. The Hall–Kier alpha value is -1.67. The molecule has 0 unspecified atom stereocenters. The summed E-state index contributed by atoms with van der Waals surface area (Å²) in [5.74, 6) is 0.269. The summed E-state index contributed by atoms with van der Waals surface area (Å²) >= 11 is 7.08. The van der Waals surface area contributed by atoms with E-state index in [1.165, 1.54) is 23.9 Å². The molecule has 4 nitrogen and oxygen atoms in total. The minimum atomic E-state index is -4.45. The monoisotopic (exact) mass is 334 g/mol. The molecule has 2 aromatic rings. The molecule has 3 N–H and O–H groups in total. The van der Waals surface area contributed by atoms with Crippen LogP contribution in [0, 0.1) is 0 Å². The van der Waals surface area contributed by atoms with Crippen LogP contribution in [0.5, 0.6) is 0 Å². The molecule has 0 radical (unpaired) electrons. The Morgan fingerprint density at radius 1 is 1.24 bits per heavy atom. The molecule has 21 heavy (non-hydrogen) atoms. The van der Waals surface area contributed by atoms with Crippen molar-refractivity contribution in [3.05, 3.63) is 35.0 Å². The van der Waals surface area contributed by atoms with Gasteiger partial charge in [0.05, 0.1) is 16.9 Å². The summed E-state index contributed by atoms with van der Waals surface area (Å²) in [5.41, 5.74) is 5.15. The van der Waals surface area contributed by atoms with Crippen LogP contribution in [-0.2, 0) is 6.18 Å². The van der Waals surface area contributed by atoms with E-state index in [0.29, 0.717) is 5.16 Å². The number of nitrogens with two attached hydrogens (primary N) is 1. The maximum Gasteiger partial charge on any atom is 0.416 e. The number of rotatable bonds is 3. The number of alkyl halides is 3.